The van der Waals surface area contributed by atoms with E-state index in [1.807, 2.05) is 0 Å². The summed E-state index contributed by atoms with van der Waals surface area (Å²) < 4.78 is 47.3. The van der Waals surface area contributed by atoms with E-state index in [0.717, 1.165) is 41.1 Å². The Morgan fingerprint density at radius 1 is 1.03 bits per heavy atom. The molecule has 0 saturated heterocycles. The van der Waals surface area contributed by atoms with Gasteiger partial charge in [0.1, 0.15) is 5.82 Å². The molecule has 0 saturated carbocycles. The van der Waals surface area contributed by atoms with E-state index in [2.05, 4.69) is 5.10 Å². The van der Waals surface area contributed by atoms with Crippen molar-refractivity contribution in [2.45, 2.75) is 16.7 Å². The van der Waals surface area contributed by atoms with Crippen LogP contribution in [0.5, 0.6) is 5.88 Å². The van der Waals surface area contributed by atoms with Crippen LogP contribution in [0.3, 0.4) is 0 Å². The Bertz CT molecular complexity index is 1500. The highest BCUT2D eigenvalue weighted by molar-refractivity contribution is 7.91. The Labute approximate surface area is 193 Å². The van der Waals surface area contributed by atoms with Crippen LogP contribution >= 0.6 is 0 Å². The fraction of sp³-hybridized carbons (Fsp3) is 0.0435. The predicted molar refractivity (Wildman–Crippen MR) is 118 cm³/mol. The van der Waals surface area contributed by atoms with Crippen LogP contribution in [-0.2, 0) is 9.84 Å². The van der Waals surface area contributed by atoms with Gasteiger partial charge in [0.2, 0.25) is 15.7 Å². The third kappa shape index (κ3) is 4.28. The molecule has 0 aliphatic carbocycles. The van der Waals surface area contributed by atoms with Crippen molar-refractivity contribution in [1.29, 1.82) is 0 Å². The first-order chi connectivity index (χ1) is 16.2. The number of sulfone groups is 1. The van der Waals surface area contributed by atoms with Gasteiger partial charge in [-0.05, 0) is 49.4 Å². The zero-order chi connectivity index (χ0) is 24.5. The number of halogens is 1. The second-order valence-corrected chi connectivity index (χ2v) is 9.01. The highest BCUT2D eigenvalue weighted by Gasteiger charge is 2.32. The second-order valence-electron chi connectivity index (χ2n) is 7.12. The number of esters is 1. The van der Waals surface area contributed by atoms with Crippen LogP contribution < -0.4 is 4.74 Å². The lowest BCUT2D eigenvalue weighted by Crippen LogP contribution is -2.14. The van der Waals surface area contributed by atoms with E-state index in [1.165, 1.54) is 19.1 Å². The Hall–Kier alpha value is -4.38. The van der Waals surface area contributed by atoms with Gasteiger partial charge >= 0.3 is 5.97 Å². The highest BCUT2D eigenvalue weighted by Crippen LogP contribution is 2.35. The van der Waals surface area contributed by atoms with Gasteiger partial charge in [-0.2, -0.15) is 9.78 Å². The van der Waals surface area contributed by atoms with E-state index in [-0.39, 0.29) is 21.8 Å². The van der Waals surface area contributed by atoms with Gasteiger partial charge in [-0.3, -0.25) is 10.1 Å². The van der Waals surface area contributed by atoms with Crippen LogP contribution in [-0.4, -0.2) is 29.1 Å². The quantitative estimate of drug-likeness (QED) is 0.229. The normalized spacial score (nSPS) is 11.2. The minimum Gasteiger partial charge on any atom is -0.402 e. The molecular formula is C23H16FN3O6S. The number of carbonyl (C=O) groups is 1. The number of benzene rings is 3. The lowest BCUT2D eigenvalue weighted by Gasteiger charge is -2.11. The molecule has 0 aliphatic rings. The molecule has 172 valence electrons. The molecule has 1 heterocycles. The molecule has 3 aromatic carbocycles. The number of aromatic nitrogens is 2. The molecule has 0 aliphatic heterocycles. The van der Waals surface area contributed by atoms with Gasteiger partial charge in [0, 0.05) is 12.1 Å². The molecule has 0 N–H and O–H groups in total. The molecule has 0 unspecified atom stereocenters. The maximum atomic E-state index is 13.6. The molecule has 1 aromatic heterocycles. The average molecular weight is 481 g/mol. The smallest absolute Gasteiger partial charge is 0.345 e. The molecule has 4 aromatic rings. The van der Waals surface area contributed by atoms with E-state index in [4.69, 9.17) is 4.74 Å². The fourth-order valence-corrected chi connectivity index (χ4v) is 4.78. The van der Waals surface area contributed by atoms with Crippen LogP contribution in [0.25, 0.3) is 5.69 Å². The molecule has 11 heteroatoms. The number of hydrogen-bond acceptors (Lipinski definition) is 7. The first kappa shape index (κ1) is 22.8. The zero-order valence-corrected chi connectivity index (χ0v) is 18.4. The van der Waals surface area contributed by atoms with E-state index in [9.17, 15) is 27.7 Å². The largest absolute Gasteiger partial charge is 0.402 e. The second kappa shape index (κ2) is 8.87. The number of non-ortho nitro benzene ring substituents is 1. The minimum atomic E-state index is -4.32. The summed E-state index contributed by atoms with van der Waals surface area (Å²) in [5, 5.41) is 15.2. The van der Waals surface area contributed by atoms with Crippen LogP contribution in [0, 0.1) is 22.9 Å². The molecule has 0 amide bonds. The number of carbonyl (C=O) groups excluding carboxylic acids is 1. The summed E-state index contributed by atoms with van der Waals surface area (Å²) in [6.45, 7) is 1.43. The summed E-state index contributed by atoms with van der Waals surface area (Å²) in [6.07, 6.45) is 0. The SMILES string of the molecule is Cc1nn(-c2ccccc2)c(OC(=O)c2cccc(F)c2)c1S(=O)(=O)c1ccc([N+](=O)[O-])cc1. The van der Waals surface area contributed by atoms with Gasteiger partial charge in [0.05, 0.1) is 26.8 Å². The van der Waals surface area contributed by atoms with Crippen molar-refractivity contribution in [2.75, 3.05) is 0 Å². The van der Waals surface area contributed by atoms with Gasteiger partial charge in [-0.1, -0.05) is 24.3 Å². The lowest BCUT2D eigenvalue weighted by atomic mass is 10.2. The van der Waals surface area contributed by atoms with Gasteiger partial charge in [0.15, 0.2) is 4.90 Å². The summed E-state index contributed by atoms with van der Waals surface area (Å²) in [6, 6.07) is 17.4. The summed E-state index contributed by atoms with van der Waals surface area (Å²) in [5.41, 5.74) is 0.0348. The summed E-state index contributed by atoms with van der Waals surface area (Å²) in [5.74, 6) is -2.05. The summed E-state index contributed by atoms with van der Waals surface area (Å²) in [7, 11) is -4.32. The van der Waals surface area contributed by atoms with Crippen LogP contribution in [0.1, 0.15) is 16.1 Å². The molecular weight excluding hydrogens is 465 g/mol. The predicted octanol–water partition coefficient (Wildman–Crippen LogP) is 4.28. The first-order valence-corrected chi connectivity index (χ1v) is 11.3. The number of para-hydroxylation sites is 1. The van der Waals surface area contributed by atoms with Gasteiger partial charge in [-0.25, -0.2) is 17.6 Å². The Balaban J connectivity index is 1.87. The number of ether oxygens (including phenoxy) is 1. The van der Waals surface area contributed by atoms with Crippen molar-refractivity contribution < 1.29 is 27.3 Å². The van der Waals surface area contributed by atoms with Gasteiger partial charge in [-0.15, -0.1) is 0 Å². The molecule has 34 heavy (non-hydrogen) atoms. The van der Waals surface area contributed by atoms with Crippen molar-refractivity contribution >= 4 is 21.5 Å². The molecule has 0 spiro atoms. The Morgan fingerprint density at radius 2 is 1.71 bits per heavy atom. The van der Waals surface area contributed by atoms with E-state index in [0.29, 0.717) is 5.69 Å². The Morgan fingerprint density at radius 3 is 2.32 bits per heavy atom. The Kier molecular flexibility index (Phi) is 5.95. The molecule has 0 bridgehead atoms. The maximum Gasteiger partial charge on any atom is 0.345 e. The highest BCUT2D eigenvalue weighted by atomic mass is 32.2. The first-order valence-electron chi connectivity index (χ1n) is 9.81. The fourth-order valence-electron chi connectivity index (χ4n) is 3.26. The average Bonchev–Trinajstić information content (AvgIpc) is 3.16. The monoisotopic (exact) mass is 481 g/mol. The molecule has 0 fully saturated rings. The van der Waals surface area contributed by atoms with Crippen molar-refractivity contribution in [2.24, 2.45) is 0 Å². The van der Waals surface area contributed by atoms with Crippen molar-refractivity contribution in [3.05, 3.63) is 106 Å². The van der Waals surface area contributed by atoms with Crippen LogP contribution in [0.15, 0.2) is 88.7 Å². The van der Waals surface area contributed by atoms with Crippen molar-refractivity contribution in [1.82, 2.24) is 9.78 Å². The van der Waals surface area contributed by atoms with Crippen LogP contribution in [0.2, 0.25) is 0 Å². The van der Waals surface area contributed by atoms with E-state index >= 15 is 0 Å². The number of hydrogen-bond donors (Lipinski definition) is 0. The van der Waals surface area contributed by atoms with Crippen LogP contribution in [0.4, 0.5) is 10.1 Å². The number of rotatable bonds is 6. The topological polar surface area (TPSA) is 121 Å². The molecule has 4 rings (SSSR count). The molecule has 0 atom stereocenters. The standard InChI is InChI=1S/C23H16FN3O6S/c1-15-21(34(31,32)20-12-10-19(11-13-20)27(29)30)22(26(25-15)18-8-3-2-4-9-18)33-23(28)16-6-5-7-17(24)14-16/h2-14H,1H3. The molecule has 0 radical (unpaired) electrons. The number of nitro groups is 1. The summed E-state index contributed by atoms with van der Waals surface area (Å²) >= 11 is 0. The third-order valence-electron chi connectivity index (χ3n) is 4.84. The zero-order valence-electron chi connectivity index (χ0n) is 17.6. The third-order valence-corrected chi connectivity index (χ3v) is 6.74. The number of aryl methyl sites for hydroxylation is 1. The van der Waals surface area contributed by atoms with Crippen molar-refractivity contribution in [3.8, 4) is 11.6 Å². The number of nitrogens with zero attached hydrogens (tertiary/aromatic N) is 3. The maximum absolute atomic E-state index is 13.6. The summed E-state index contributed by atoms with van der Waals surface area (Å²) in [4.78, 5) is 22.4. The van der Waals surface area contributed by atoms with E-state index in [1.54, 1.807) is 30.3 Å². The van der Waals surface area contributed by atoms with Crippen molar-refractivity contribution in [3.63, 3.8) is 0 Å². The number of nitro benzene ring substituents is 1. The minimum absolute atomic E-state index is 0.0317. The van der Waals surface area contributed by atoms with E-state index < -0.39 is 37.3 Å². The van der Waals surface area contributed by atoms with Gasteiger partial charge in [0.25, 0.3) is 5.69 Å². The van der Waals surface area contributed by atoms with Gasteiger partial charge < -0.3 is 4.74 Å². The molecule has 9 nitrogen and oxygen atoms in total. The lowest BCUT2D eigenvalue weighted by molar-refractivity contribution is -0.384.